The van der Waals surface area contributed by atoms with Crippen molar-refractivity contribution in [3.8, 4) is 0 Å². The number of anilines is 1. The summed E-state index contributed by atoms with van der Waals surface area (Å²) in [6.45, 7) is 13.2. The van der Waals surface area contributed by atoms with E-state index in [1.807, 2.05) is 20.0 Å². The van der Waals surface area contributed by atoms with Gasteiger partial charge < -0.3 is 14.4 Å². The molecule has 1 fully saturated rings. The first-order valence-electron chi connectivity index (χ1n) is 10.0. The first-order chi connectivity index (χ1) is 12.6. The van der Waals surface area contributed by atoms with E-state index in [9.17, 15) is 0 Å². The maximum atomic E-state index is 8.65. The van der Waals surface area contributed by atoms with Crippen LogP contribution in [0.5, 0.6) is 0 Å². The third-order valence-electron chi connectivity index (χ3n) is 5.24. The summed E-state index contributed by atoms with van der Waals surface area (Å²) >= 11 is 0. The van der Waals surface area contributed by atoms with Gasteiger partial charge in [0.1, 0.15) is 0 Å². The van der Waals surface area contributed by atoms with Crippen molar-refractivity contribution < 1.29 is 0 Å². The fourth-order valence-corrected chi connectivity index (χ4v) is 3.52. The molecule has 1 aromatic rings. The Morgan fingerprint density at radius 3 is 2.50 bits per heavy atom. The van der Waals surface area contributed by atoms with Crippen LogP contribution in [0, 0.1) is 11.3 Å². The van der Waals surface area contributed by atoms with Gasteiger partial charge in [0.2, 0.25) is 0 Å². The lowest BCUT2D eigenvalue weighted by molar-refractivity contribution is 0.311. The topological polar surface area (TPSA) is 48.2 Å². The van der Waals surface area contributed by atoms with E-state index in [1.165, 1.54) is 5.57 Å². The minimum absolute atomic E-state index is 0.555. The normalized spacial score (nSPS) is 20.4. The summed E-state index contributed by atoms with van der Waals surface area (Å²) in [6.07, 6.45) is 10.6. The fourth-order valence-electron chi connectivity index (χ4n) is 3.52. The molecule has 0 radical (unpaired) electrons. The summed E-state index contributed by atoms with van der Waals surface area (Å²) in [5.74, 6) is 1.41. The lowest BCUT2D eigenvalue weighted by Crippen LogP contribution is -2.47. The molecule has 0 aromatic carbocycles. The largest absolute Gasteiger partial charge is 0.351 e. The van der Waals surface area contributed by atoms with E-state index < -0.39 is 0 Å². The molecule has 2 heterocycles. The number of rotatable bonds is 4. The van der Waals surface area contributed by atoms with Gasteiger partial charge in [0, 0.05) is 51.0 Å². The lowest BCUT2D eigenvalue weighted by Gasteiger charge is -2.33. The molecule has 1 saturated heterocycles. The Morgan fingerprint density at radius 1 is 1.19 bits per heavy atom. The Balaban J connectivity index is 0.00000117. The van der Waals surface area contributed by atoms with Crippen molar-refractivity contribution in [2.75, 3.05) is 38.1 Å². The Hall–Kier alpha value is -1.88. The molecule has 144 valence electrons. The molecule has 0 bridgehead atoms. The Kier molecular flexibility index (Phi) is 7.64. The van der Waals surface area contributed by atoms with Crippen molar-refractivity contribution in [3.05, 3.63) is 41.2 Å². The summed E-state index contributed by atoms with van der Waals surface area (Å²) in [7, 11) is 2.15. The molecule has 26 heavy (non-hydrogen) atoms. The minimum Gasteiger partial charge on any atom is -0.351 e. The molecule has 1 atom stereocenters. The van der Waals surface area contributed by atoms with Crippen molar-refractivity contribution in [2.45, 2.75) is 47.1 Å². The SMILES string of the molecule is CC.CCn1c(CC2=CC=CCC2C)cnc(N2CCN(C)CC2)c1=N. The van der Waals surface area contributed by atoms with Crippen LogP contribution < -0.4 is 10.4 Å². The zero-order valence-corrected chi connectivity index (χ0v) is 17.1. The molecular formula is C21H35N5. The number of piperazine rings is 1. The predicted octanol–water partition coefficient (Wildman–Crippen LogP) is 3.23. The van der Waals surface area contributed by atoms with Gasteiger partial charge in [-0.15, -0.1) is 0 Å². The molecule has 1 N–H and O–H groups in total. The van der Waals surface area contributed by atoms with Crippen LogP contribution in [-0.2, 0) is 13.0 Å². The summed E-state index contributed by atoms with van der Waals surface area (Å²) in [4.78, 5) is 9.26. The number of aromatic nitrogens is 2. The van der Waals surface area contributed by atoms with Crippen molar-refractivity contribution in [1.29, 1.82) is 5.41 Å². The fraction of sp³-hybridized carbons (Fsp3) is 0.619. The number of likely N-dealkylation sites (N-methyl/N-ethyl adjacent to an activating group) is 1. The second-order valence-corrected chi connectivity index (χ2v) is 6.94. The summed E-state index contributed by atoms with van der Waals surface area (Å²) in [5.41, 5.74) is 3.14. The molecule has 0 amide bonds. The molecule has 1 unspecified atom stereocenters. The maximum absolute atomic E-state index is 8.65. The van der Waals surface area contributed by atoms with Gasteiger partial charge in [-0.3, -0.25) is 5.41 Å². The van der Waals surface area contributed by atoms with Crippen LogP contribution in [0.4, 0.5) is 5.82 Å². The summed E-state index contributed by atoms with van der Waals surface area (Å²) in [6, 6.07) is 0. The minimum atomic E-state index is 0.555. The summed E-state index contributed by atoms with van der Waals surface area (Å²) in [5, 5.41) is 8.65. The molecule has 1 aromatic heterocycles. The number of hydrogen-bond acceptors (Lipinski definition) is 4. The average molecular weight is 358 g/mol. The van der Waals surface area contributed by atoms with Gasteiger partial charge in [-0.1, -0.05) is 44.6 Å². The van der Waals surface area contributed by atoms with E-state index in [0.29, 0.717) is 11.4 Å². The van der Waals surface area contributed by atoms with Gasteiger partial charge in [-0.2, -0.15) is 0 Å². The summed E-state index contributed by atoms with van der Waals surface area (Å²) < 4.78 is 2.12. The van der Waals surface area contributed by atoms with Gasteiger partial charge in [-0.25, -0.2) is 4.98 Å². The third-order valence-corrected chi connectivity index (χ3v) is 5.24. The second-order valence-electron chi connectivity index (χ2n) is 6.94. The number of nitrogens with one attached hydrogen (secondary N) is 1. The maximum Gasteiger partial charge on any atom is 0.171 e. The smallest absolute Gasteiger partial charge is 0.171 e. The van der Waals surface area contributed by atoms with Crippen LogP contribution in [0.3, 0.4) is 0 Å². The highest BCUT2D eigenvalue weighted by atomic mass is 15.3. The standard InChI is InChI=1S/C19H29N5.C2H6/c1-4-24-17(13-16-8-6-5-7-15(16)2)14-21-19(18(24)20)23-11-9-22(3)10-12-23;1-2/h5-6,8,14-15,20H,4,7,9-13H2,1-3H3;1-2H3. The molecule has 2 aliphatic rings. The Bertz CT molecular complexity index is 693. The first kappa shape index (κ1) is 20.4. The molecule has 0 saturated carbocycles. The monoisotopic (exact) mass is 357 g/mol. The molecule has 1 aliphatic carbocycles. The van der Waals surface area contributed by atoms with E-state index in [0.717, 1.165) is 57.1 Å². The number of hydrogen-bond donors (Lipinski definition) is 1. The van der Waals surface area contributed by atoms with E-state index in [-0.39, 0.29) is 0 Å². The average Bonchev–Trinajstić information content (AvgIpc) is 2.66. The van der Waals surface area contributed by atoms with Gasteiger partial charge in [-0.05, 0) is 26.3 Å². The van der Waals surface area contributed by atoms with Crippen molar-refractivity contribution in [3.63, 3.8) is 0 Å². The van der Waals surface area contributed by atoms with Gasteiger partial charge in [0.25, 0.3) is 0 Å². The zero-order chi connectivity index (χ0) is 19.1. The van der Waals surface area contributed by atoms with Crippen LogP contribution >= 0.6 is 0 Å². The van der Waals surface area contributed by atoms with Crippen molar-refractivity contribution in [2.24, 2.45) is 5.92 Å². The predicted molar refractivity (Wildman–Crippen MR) is 110 cm³/mol. The molecule has 5 heteroatoms. The first-order valence-corrected chi connectivity index (χ1v) is 10.0. The molecule has 3 rings (SSSR count). The van der Waals surface area contributed by atoms with Gasteiger partial charge in [0.05, 0.1) is 0 Å². The van der Waals surface area contributed by atoms with Crippen molar-refractivity contribution in [1.82, 2.24) is 14.5 Å². The van der Waals surface area contributed by atoms with Crippen LogP contribution in [0.15, 0.2) is 30.0 Å². The Labute approximate surface area is 158 Å². The van der Waals surface area contributed by atoms with Crippen LogP contribution in [0.25, 0.3) is 0 Å². The van der Waals surface area contributed by atoms with E-state index >= 15 is 0 Å². The Morgan fingerprint density at radius 2 is 1.88 bits per heavy atom. The van der Waals surface area contributed by atoms with Crippen LogP contribution in [0.1, 0.15) is 39.8 Å². The van der Waals surface area contributed by atoms with Crippen molar-refractivity contribution >= 4 is 5.82 Å². The van der Waals surface area contributed by atoms with E-state index in [1.54, 1.807) is 0 Å². The van der Waals surface area contributed by atoms with Crippen LogP contribution in [0.2, 0.25) is 0 Å². The zero-order valence-electron chi connectivity index (χ0n) is 17.1. The van der Waals surface area contributed by atoms with E-state index in [4.69, 9.17) is 5.41 Å². The van der Waals surface area contributed by atoms with E-state index in [2.05, 4.69) is 58.5 Å². The van der Waals surface area contributed by atoms with Gasteiger partial charge in [0.15, 0.2) is 11.3 Å². The molecule has 1 aliphatic heterocycles. The number of nitrogens with zero attached hydrogens (tertiary/aromatic N) is 4. The molecule has 5 nitrogen and oxygen atoms in total. The van der Waals surface area contributed by atoms with Gasteiger partial charge >= 0.3 is 0 Å². The third kappa shape index (κ3) is 4.64. The quantitative estimate of drug-likeness (QED) is 0.900. The second kappa shape index (κ2) is 9.72. The lowest BCUT2D eigenvalue weighted by atomic mass is 9.90. The van der Waals surface area contributed by atoms with Crippen LogP contribution in [-0.4, -0.2) is 47.7 Å². The highest BCUT2D eigenvalue weighted by Crippen LogP contribution is 2.23. The highest BCUT2D eigenvalue weighted by molar-refractivity contribution is 5.37. The molecule has 0 spiro atoms. The molecular weight excluding hydrogens is 322 g/mol. The number of allylic oxidation sites excluding steroid dienone is 4. The highest BCUT2D eigenvalue weighted by Gasteiger charge is 2.19.